The molecule has 1 aromatic carbocycles. The summed E-state index contributed by atoms with van der Waals surface area (Å²) in [7, 11) is 0. The number of anilines is 1. The second-order valence-electron chi connectivity index (χ2n) is 7.46. The Morgan fingerprint density at radius 3 is 2.76 bits per heavy atom. The number of pyridine rings is 1. The standard InChI is InChI=1S/C23H21Cl2N5O3S/c1-3-6-27-22(31)16-9-14(24)8-13(2)20(16)28-23(32)18-10-19(34-15-11-33-12-15)29-30(18)21-17(25)5-4-7-26-21/h3-5,7-10,15H,1,6,11-12H2,2H3,(H,27,31)(H,28,32). The third-order valence-corrected chi connectivity index (χ3v) is 6.50. The van der Waals surface area contributed by atoms with Gasteiger partial charge in [0, 0.05) is 23.8 Å². The van der Waals surface area contributed by atoms with Crippen LogP contribution in [-0.4, -0.2) is 51.6 Å². The Bertz CT molecular complexity index is 1260. The molecule has 0 atom stereocenters. The first kappa shape index (κ1) is 24.3. The molecule has 1 fully saturated rings. The van der Waals surface area contributed by atoms with Crippen LogP contribution in [0.15, 0.2) is 54.2 Å². The Balaban J connectivity index is 1.71. The molecular formula is C23H21Cl2N5O3S. The summed E-state index contributed by atoms with van der Waals surface area (Å²) in [4.78, 5) is 30.5. The largest absolute Gasteiger partial charge is 0.379 e. The fourth-order valence-electron chi connectivity index (χ4n) is 3.25. The molecule has 34 heavy (non-hydrogen) atoms. The number of carbonyl (C=O) groups excluding carboxylic acids is 2. The van der Waals surface area contributed by atoms with Crippen molar-refractivity contribution < 1.29 is 14.3 Å². The molecular weight excluding hydrogens is 497 g/mol. The fourth-order valence-corrected chi connectivity index (χ4v) is 4.70. The number of ether oxygens (including phenoxy) is 1. The van der Waals surface area contributed by atoms with Crippen LogP contribution in [0.2, 0.25) is 10.0 Å². The van der Waals surface area contributed by atoms with E-state index in [9.17, 15) is 9.59 Å². The molecule has 2 aromatic heterocycles. The number of halogens is 2. The molecule has 176 valence electrons. The van der Waals surface area contributed by atoms with Crippen LogP contribution in [0.5, 0.6) is 0 Å². The maximum Gasteiger partial charge on any atom is 0.274 e. The van der Waals surface area contributed by atoms with Gasteiger partial charge in [0.1, 0.15) is 10.7 Å². The maximum atomic E-state index is 13.5. The number of benzene rings is 1. The highest BCUT2D eigenvalue weighted by molar-refractivity contribution is 8.00. The minimum absolute atomic E-state index is 0.218. The summed E-state index contributed by atoms with van der Waals surface area (Å²) in [6.45, 7) is 6.88. The summed E-state index contributed by atoms with van der Waals surface area (Å²) in [6, 6.07) is 8.22. The Labute approximate surface area is 210 Å². The quantitative estimate of drug-likeness (QED) is 0.425. The number of nitrogens with one attached hydrogen (secondary N) is 2. The third kappa shape index (κ3) is 5.28. The Morgan fingerprint density at radius 2 is 2.09 bits per heavy atom. The second-order valence-corrected chi connectivity index (χ2v) is 9.63. The van der Waals surface area contributed by atoms with Gasteiger partial charge in [-0.3, -0.25) is 9.59 Å². The SMILES string of the molecule is C=CCNC(=O)c1cc(Cl)cc(C)c1NC(=O)c1cc(SC2COC2)nn1-c1ncccc1Cl. The van der Waals surface area contributed by atoms with E-state index in [1.807, 2.05) is 0 Å². The van der Waals surface area contributed by atoms with Crippen LogP contribution in [0.1, 0.15) is 26.4 Å². The van der Waals surface area contributed by atoms with E-state index < -0.39 is 5.91 Å². The lowest BCUT2D eigenvalue weighted by atomic mass is 10.1. The van der Waals surface area contributed by atoms with E-state index in [1.54, 1.807) is 43.5 Å². The van der Waals surface area contributed by atoms with Crippen molar-refractivity contribution in [2.24, 2.45) is 0 Å². The average molecular weight is 518 g/mol. The number of nitrogens with zero attached hydrogens (tertiary/aromatic N) is 3. The highest BCUT2D eigenvalue weighted by Crippen LogP contribution is 2.31. The number of thioether (sulfide) groups is 1. The molecule has 2 amide bonds. The van der Waals surface area contributed by atoms with Crippen molar-refractivity contribution in [1.29, 1.82) is 0 Å². The predicted octanol–water partition coefficient (Wildman–Crippen LogP) is 4.54. The predicted molar refractivity (Wildman–Crippen MR) is 134 cm³/mol. The van der Waals surface area contributed by atoms with Gasteiger partial charge in [-0.15, -0.1) is 6.58 Å². The van der Waals surface area contributed by atoms with Gasteiger partial charge in [-0.25, -0.2) is 9.67 Å². The number of rotatable bonds is 8. The molecule has 1 aliphatic heterocycles. The average Bonchev–Trinajstić information content (AvgIpc) is 3.20. The van der Waals surface area contributed by atoms with Crippen LogP contribution < -0.4 is 10.6 Å². The highest BCUT2D eigenvalue weighted by Gasteiger charge is 2.26. The topological polar surface area (TPSA) is 98.1 Å². The van der Waals surface area contributed by atoms with Crippen molar-refractivity contribution >= 4 is 52.5 Å². The molecule has 0 saturated carbocycles. The lowest BCUT2D eigenvalue weighted by molar-refractivity contribution is 0.0454. The number of aromatic nitrogens is 3. The summed E-state index contributed by atoms with van der Waals surface area (Å²) in [5.74, 6) is -0.541. The van der Waals surface area contributed by atoms with Gasteiger partial charge in [0.2, 0.25) is 0 Å². The number of carbonyl (C=O) groups is 2. The molecule has 3 aromatic rings. The van der Waals surface area contributed by atoms with E-state index in [-0.39, 0.29) is 29.0 Å². The summed E-state index contributed by atoms with van der Waals surface area (Å²) in [6.07, 6.45) is 3.14. The molecule has 3 heterocycles. The van der Waals surface area contributed by atoms with Crippen molar-refractivity contribution in [1.82, 2.24) is 20.1 Å². The molecule has 2 N–H and O–H groups in total. The lowest BCUT2D eigenvalue weighted by Gasteiger charge is -2.23. The maximum absolute atomic E-state index is 13.5. The zero-order valence-corrected chi connectivity index (χ0v) is 20.5. The monoisotopic (exact) mass is 517 g/mol. The Morgan fingerprint density at radius 1 is 1.29 bits per heavy atom. The van der Waals surface area contributed by atoms with E-state index >= 15 is 0 Å². The van der Waals surface area contributed by atoms with Gasteiger partial charge in [-0.1, -0.05) is 41.0 Å². The minimum Gasteiger partial charge on any atom is -0.379 e. The number of amides is 2. The second kappa shape index (κ2) is 10.6. The van der Waals surface area contributed by atoms with Gasteiger partial charge in [0.25, 0.3) is 11.8 Å². The molecule has 11 heteroatoms. The molecule has 0 unspecified atom stereocenters. The molecule has 0 radical (unpaired) electrons. The summed E-state index contributed by atoms with van der Waals surface area (Å²) >= 11 is 14.0. The molecule has 0 spiro atoms. The summed E-state index contributed by atoms with van der Waals surface area (Å²) < 4.78 is 6.64. The van der Waals surface area contributed by atoms with Gasteiger partial charge in [-0.2, -0.15) is 5.10 Å². The van der Waals surface area contributed by atoms with Crippen LogP contribution in [0.25, 0.3) is 5.82 Å². The Kier molecular flexibility index (Phi) is 7.57. The van der Waals surface area contributed by atoms with E-state index in [0.29, 0.717) is 45.4 Å². The van der Waals surface area contributed by atoms with Crippen LogP contribution in [0.3, 0.4) is 0 Å². The number of hydrogen-bond donors (Lipinski definition) is 2. The van der Waals surface area contributed by atoms with Crippen LogP contribution in [-0.2, 0) is 4.74 Å². The molecule has 1 saturated heterocycles. The minimum atomic E-state index is -0.478. The lowest BCUT2D eigenvalue weighted by Crippen LogP contribution is -2.30. The van der Waals surface area contributed by atoms with Crippen LogP contribution in [0.4, 0.5) is 5.69 Å². The van der Waals surface area contributed by atoms with E-state index in [4.69, 9.17) is 27.9 Å². The normalized spacial score (nSPS) is 13.3. The van der Waals surface area contributed by atoms with Gasteiger partial charge in [-0.05, 0) is 36.8 Å². The van der Waals surface area contributed by atoms with Crippen molar-refractivity contribution in [3.63, 3.8) is 0 Å². The fraction of sp³-hybridized carbons (Fsp3) is 0.217. The first-order chi connectivity index (χ1) is 16.4. The molecule has 1 aliphatic rings. The van der Waals surface area contributed by atoms with Gasteiger partial charge < -0.3 is 15.4 Å². The van der Waals surface area contributed by atoms with Crippen molar-refractivity contribution in [2.75, 3.05) is 25.1 Å². The van der Waals surface area contributed by atoms with Crippen molar-refractivity contribution in [3.05, 3.63) is 76.0 Å². The van der Waals surface area contributed by atoms with Crippen molar-refractivity contribution in [2.45, 2.75) is 17.2 Å². The van der Waals surface area contributed by atoms with Crippen LogP contribution in [0, 0.1) is 6.92 Å². The van der Waals surface area contributed by atoms with Gasteiger partial charge in [0.05, 0.1) is 34.7 Å². The highest BCUT2D eigenvalue weighted by atomic mass is 35.5. The number of aryl methyl sites for hydroxylation is 1. The van der Waals surface area contributed by atoms with E-state index in [0.717, 1.165) is 0 Å². The van der Waals surface area contributed by atoms with E-state index in [1.165, 1.54) is 22.5 Å². The van der Waals surface area contributed by atoms with Crippen molar-refractivity contribution in [3.8, 4) is 5.82 Å². The molecule has 0 aliphatic carbocycles. The van der Waals surface area contributed by atoms with E-state index in [2.05, 4.69) is 27.3 Å². The first-order valence-electron chi connectivity index (χ1n) is 10.3. The first-order valence-corrected chi connectivity index (χ1v) is 12.0. The van der Waals surface area contributed by atoms with Gasteiger partial charge >= 0.3 is 0 Å². The zero-order chi connectivity index (χ0) is 24.2. The number of hydrogen-bond acceptors (Lipinski definition) is 6. The molecule has 4 rings (SSSR count). The van der Waals surface area contributed by atoms with Crippen LogP contribution >= 0.6 is 35.0 Å². The Hall–Kier alpha value is -2.85. The van der Waals surface area contributed by atoms with Gasteiger partial charge in [0.15, 0.2) is 5.82 Å². The smallest absolute Gasteiger partial charge is 0.274 e. The molecule has 8 nitrogen and oxygen atoms in total. The molecule has 0 bridgehead atoms. The summed E-state index contributed by atoms with van der Waals surface area (Å²) in [5.41, 5.74) is 1.43. The zero-order valence-electron chi connectivity index (χ0n) is 18.2. The summed E-state index contributed by atoms with van der Waals surface area (Å²) in [5, 5.41) is 11.8. The third-order valence-electron chi connectivity index (χ3n) is 4.94.